The van der Waals surface area contributed by atoms with E-state index in [0.29, 0.717) is 0 Å². The molecule has 2 aromatic rings. The zero-order valence-electron chi connectivity index (χ0n) is 8.74. The van der Waals surface area contributed by atoms with Gasteiger partial charge in [0.05, 0.1) is 5.69 Å². The van der Waals surface area contributed by atoms with Crippen LogP contribution in [0.4, 0.5) is 0 Å². The number of nitrogens with zero attached hydrogens (tertiary/aromatic N) is 2. The van der Waals surface area contributed by atoms with E-state index < -0.39 is 0 Å². The molecule has 0 radical (unpaired) electrons. The van der Waals surface area contributed by atoms with Gasteiger partial charge in [-0.05, 0) is 37.8 Å². The summed E-state index contributed by atoms with van der Waals surface area (Å²) in [5.74, 6) is 0. The van der Waals surface area contributed by atoms with Crippen LogP contribution in [-0.2, 0) is 12.8 Å². The van der Waals surface area contributed by atoms with E-state index >= 15 is 0 Å². The highest BCUT2D eigenvalue weighted by Crippen LogP contribution is 2.18. The summed E-state index contributed by atoms with van der Waals surface area (Å²) in [6.45, 7) is 0. The number of aryl methyl sites for hydroxylation is 1. The van der Waals surface area contributed by atoms with Crippen LogP contribution in [0.3, 0.4) is 0 Å². The van der Waals surface area contributed by atoms with Crippen LogP contribution in [0.5, 0.6) is 0 Å². The predicted molar refractivity (Wildman–Crippen MR) is 65.8 cm³/mol. The van der Waals surface area contributed by atoms with Crippen LogP contribution in [0.25, 0.3) is 5.65 Å². The normalized spacial score (nSPS) is 15.1. The first-order chi connectivity index (χ1) is 7.75. The molecule has 2 heterocycles. The van der Waals surface area contributed by atoms with Crippen molar-refractivity contribution >= 4 is 21.6 Å². The minimum Gasteiger partial charge on any atom is -0.269 e. The molecular formula is C12H11BrN2O. The Bertz CT molecular complexity index is 618. The van der Waals surface area contributed by atoms with Crippen LogP contribution in [-0.4, -0.2) is 9.38 Å². The molecule has 16 heavy (non-hydrogen) atoms. The van der Waals surface area contributed by atoms with Gasteiger partial charge in [0.2, 0.25) is 0 Å². The Kier molecular flexibility index (Phi) is 2.32. The number of pyridine rings is 1. The van der Waals surface area contributed by atoms with Gasteiger partial charge in [0.15, 0.2) is 0 Å². The molecule has 0 N–H and O–H groups in total. The zero-order valence-corrected chi connectivity index (χ0v) is 10.3. The van der Waals surface area contributed by atoms with Gasteiger partial charge in [-0.2, -0.15) is 0 Å². The molecule has 0 saturated carbocycles. The van der Waals surface area contributed by atoms with E-state index in [9.17, 15) is 4.79 Å². The van der Waals surface area contributed by atoms with Crippen molar-refractivity contribution in [1.82, 2.24) is 9.38 Å². The van der Waals surface area contributed by atoms with E-state index in [1.807, 2.05) is 12.1 Å². The summed E-state index contributed by atoms with van der Waals surface area (Å²) in [4.78, 5) is 16.8. The van der Waals surface area contributed by atoms with Crippen molar-refractivity contribution in [2.45, 2.75) is 25.7 Å². The van der Waals surface area contributed by atoms with Gasteiger partial charge in [0.1, 0.15) is 5.65 Å². The number of hydrogen-bond donors (Lipinski definition) is 0. The molecule has 0 atom stereocenters. The molecule has 3 nitrogen and oxygen atoms in total. The van der Waals surface area contributed by atoms with Gasteiger partial charge in [0.25, 0.3) is 5.56 Å². The van der Waals surface area contributed by atoms with Crippen molar-refractivity contribution in [3.05, 3.63) is 44.4 Å². The van der Waals surface area contributed by atoms with Gasteiger partial charge in [-0.25, -0.2) is 4.98 Å². The quantitative estimate of drug-likeness (QED) is 0.741. The molecule has 4 heteroatoms. The first-order valence-corrected chi connectivity index (χ1v) is 6.25. The lowest BCUT2D eigenvalue weighted by Gasteiger charge is -2.14. The Morgan fingerprint density at radius 2 is 2.12 bits per heavy atom. The van der Waals surface area contributed by atoms with Gasteiger partial charge in [-0.1, -0.05) is 15.9 Å². The molecule has 0 aliphatic heterocycles. The van der Waals surface area contributed by atoms with Gasteiger partial charge >= 0.3 is 0 Å². The maximum absolute atomic E-state index is 12.2. The topological polar surface area (TPSA) is 34.4 Å². The van der Waals surface area contributed by atoms with E-state index in [1.165, 1.54) is 0 Å². The molecule has 0 unspecified atom stereocenters. The van der Waals surface area contributed by atoms with Gasteiger partial charge < -0.3 is 0 Å². The monoisotopic (exact) mass is 278 g/mol. The van der Waals surface area contributed by atoms with E-state index in [-0.39, 0.29) is 5.56 Å². The molecule has 0 aromatic carbocycles. The standard InChI is InChI=1S/C12H11BrN2O/c13-8-5-6-15-11(7-8)14-10-4-2-1-3-9(10)12(15)16/h5-7H,1-4H2. The smallest absolute Gasteiger partial charge is 0.261 e. The minimum atomic E-state index is 0.104. The minimum absolute atomic E-state index is 0.104. The fourth-order valence-electron chi connectivity index (χ4n) is 2.25. The summed E-state index contributed by atoms with van der Waals surface area (Å²) in [6.07, 6.45) is 5.84. The van der Waals surface area contributed by atoms with Crippen molar-refractivity contribution in [2.75, 3.05) is 0 Å². The SMILES string of the molecule is O=c1c2c(nc3cc(Br)ccn13)CCCC2. The van der Waals surface area contributed by atoms with E-state index in [1.54, 1.807) is 10.6 Å². The summed E-state index contributed by atoms with van der Waals surface area (Å²) in [5.41, 5.74) is 2.74. The number of rotatable bonds is 0. The van der Waals surface area contributed by atoms with Crippen molar-refractivity contribution in [2.24, 2.45) is 0 Å². The first-order valence-electron chi connectivity index (χ1n) is 5.45. The van der Waals surface area contributed by atoms with Crippen LogP contribution < -0.4 is 5.56 Å². The van der Waals surface area contributed by atoms with Gasteiger partial charge in [0, 0.05) is 16.2 Å². The summed E-state index contributed by atoms with van der Waals surface area (Å²) >= 11 is 3.40. The number of halogens is 1. The predicted octanol–water partition coefficient (Wildman–Crippen LogP) is 2.34. The summed E-state index contributed by atoms with van der Waals surface area (Å²) < 4.78 is 2.59. The van der Waals surface area contributed by atoms with E-state index in [0.717, 1.165) is 47.1 Å². The van der Waals surface area contributed by atoms with Crippen LogP contribution >= 0.6 is 15.9 Å². The Morgan fingerprint density at radius 1 is 1.31 bits per heavy atom. The Balaban J connectivity index is 2.39. The lowest BCUT2D eigenvalue weighted by Crippen LogP contribution is -2.24. The van der Waals surface area contributed by atoms with E-state index in [2.05, 4.69) is 20.9 Å². The van der Waals surface area contributed by atoms with Gasteiger partial charge in [-0.3, -0.25) is 9.20 Å². The molecule has 0 amide bonds. The Labute approximate surface area is 101 Å². The Hall–Kier alpha value is -1.16. The molecule has 1 aliphatic carbocycles. The molecule has 1 aliphatic rings. The second-order valence-corrected chi connectivity index (χ2v) is 5.04. The van der Waals surface area contributed by atoms with Crippen molar-refractivity contribution in [1.29, 1.82) is 0 Å². The fraction of sp³-hybridized carbons (Fsp3) is 0.333. The Morgan fingerprint density at radius 3 is 3.00 bits per heavy atom. The fourth-order valence-corrected chi connectivity index (χ4v) is 2.57. The highest BCUT2D eigenvalue weighted by atomic mass is 79.9. The van der Waals surface area contributed by atoms with Gasteiger partial charge in [-0.15, -0.1) is 0 Å². The third kappa shape index (κ3) is 1.48. The van der Waals surface area contributed by atoms with Crippen molar-refractivity contribution < 1.29 is 0 Å². The molecule has 2 aromatic heterocycles. The third-order valence-corrected chi connectivity index (χ3v) is 3.56. The number of fused-ring (bicyclic) bond motifs is 2. The lowest BCUT2D eigenvalue weighted by atomic mass is 9.97. The summed E-state index contributed by atoms with van der Waals surface area (Å²) in [5, 5.41) is 0. The zero-order chi connectivity index (χ0) is 11.1. The molecule has 0 spiro atoms. The molecule has 82 valence electrons. The maximum Gasteiger partial charge on any atom is 0.261 e. The van der Waals surface area contributed by atoms with Crippen LogP contribution in [0.15, 0.2) is 27.6 Å². The summed E-state index contributed by atoms with van der Waals surface area (Å²) in [7, 11) is 0. The maximum atomic E-state index is 12.2. The highest BCUT2D eigenvalue weighted by Gasteiger charge is 2.16. The molecule has 0 fully saturated rings. The average molecular weight is 279 g/mol. The number of hydrogen-bond acceptors (Lipinski definition) is 2. The largest absolute Gasteiger partial charge is 0.269 e. The number of aromatic nitrogens is 2. The third-order valence-electron chi connectivity index (χ3n) is 3.06. The first kappa shape index (κ1) is 10.0. The molecular weight excluding hydrogens is 268 g/mol. The second-order valence-electron chi connectivity index (χ2n) is 4.12. The van der Waals surface area contributed by atoms with Crippen LogP contribution in [0, 0.1) is 0 Å². The molecule has 0 saturated heterocycles. The molecule has 3 rings (SSSR count). The van der Waals surface area contributed by atoms with Crippen molar-refractivity contribution in [3.63, 3.8) is 0 Å². The van der Waals surface area contributed by atoms with Crippen LogP contribution in [0.2, 0.25) is 0 Å². The highest BCUT2D eigenvalue weighted by molar-refractivity contribution is 9.10. The van der Waals surface area contributed by atoms with Crippen LogP contribution in [0.1, 0.15) is 24.1 Å². The second kappa shape index (κ2) is 3.70. The average Bonchev–Trinajstić information content (AvgIpc) is 2.29. The lowest BCUT2D eigenvalue weighted by molar-refractivity contribution is 0.656. The molecule has 0 bridgehead atoms. The van der Waals surface area contributed by atoms with Crippen molar-refractivity contribution in [3.8, 4) is 0 Å². The van der Waals surface area contributed by atoms with E-state index in [4.69, 9.17) is 0 Å². The summed E-state index contributed by atoms with van der Waals surface area (Å²) in [6, 6.07) is 3.75.